The lowest BCUT2D eigenvalue weighted by Crippen LogP contribution is -2.07. The minimum atomic E-state index is -0.557. The molecular formula is C12H11BrN2O3. The van der Waals surface area contributed by atoms with Crippen molar-refractivity contribution in [2.24, 2.45) is 0 Å². The fraction of sp³-hybridized carbons (Fsp3) is 0.167. The highest BCUT2D eigenvalue weighted by Crippen LogP contribution is 2.15. The molecule has 0 fully saturated rings. The molecule has 0 aliphatic carbocycles. The number of nitrogens with one attached hydrogen (secondary N) is 2. The van der Waals surface area contributed by atoms with E-state index < -0.39 is 11.7 Å². The van der Waals surface area contributed by atoms with Crippen LogP contribution in [0.4, 0.5) is 0 Å². The molecule has 0 amide bonds. The number of imidazole rings is 1. The molecule has 0 bridgehead atoms. The molecule has 0 atom stereocenters. The Hall–Kier alpha value is -1.82. The second-order valence-electron chi connectivity index (χ2n) is 3.73. The number of ether oxygens (including phenoxy) is 1. The molecule has 0 aliphatic rings. The quantitative estimate of drug-likeness (QED) is 0.849. The third-order valence-corrected chi connectivity index (χ3v) is 2.96. The van der Waals surface area contributed by atoms with Crippen molar-refractivity contribution in [1.82, 2.24) is 9.97 Å². The Morgan fingerprint density at radius 1 is 1.39 bits per heavy atom. The van der Waals surface area contributed by atoms with E-state index in [0.717, 1.165) is 10.0 Å². The van der Waals surface area contributed by atoms with E-state index >= 15 is 0 Å². The van der Waals surface area contributed by atoms with Gasteiger partial charge >= 0.3 is 11.7 Å². The Labute approximate surface area is 111 Å². The largest absolute Gasteiger partial charge is 0.464 e. The fourth-order valence-corrected chi connectivity index (χ4v) is 2.13. The molecule has 94 valence electrons. The topological polar surface area (TPSA) is 75.0 Å². The van der Waals surface area contributed by atoms with Crippen LogP contribution in [0.2, 0.25) is 0 Å². The Morgan fingerprint density at radius 3 is 2.83 bits per heavy atom. The Kier molecular flexibility index (Phi) is 3.66. The van der Waals surface area contributed by atoms with E-state index in [1.807, 2.05) is 24.3 Å². The van der Waals surface area contributed by atoms with Crippen LogP contribution in [0.3, 0.4) is 0 Å². The van der Waals surface area contributed by atoms with Crippen LogP contribution in [0.15, 0.2) is 33.5 Å². The van der Waals surface area contributed by atoms with Crippen LogP contribution in [-0.2, 0) is 11.2 Å². The van der Waals surface area contributed by atoms with Gasteiger partial charge in [-0.15, -0.1) is 0 Å². The zero-order valence-corrected chi connectivity index (χ0v) is 11.2. The smallest absolute Gasteiger partial charge is 0.356 e. The van der Waals surface area contributed by atoms with Crippen molar-refractivity contribution in [3.05, 3.63) is 56.2 Å². The van der Waals surface area contributed by atoms with Crippen LogP contribution in [-0.4, -0.2) is 23.0 Å². The summed E-state index contributed by atoms with van der Waals surface area (Å²) in [5.74, 6) is -0.557. The predicted molar refractivity (Wildman–Crippen MR) is 69.7 cm³/mol. The summed E-state index contributed by atoms with van der Waals surface area (Å²) in [7, 11) is 1.27. The predicted octanol–water partition coefficient (Wildman–Crippen LogP) is 1.84. The zero-order chi connectivity index (χ0) is 13.1. The number of rotatable bonds is 3. The molecule has 2 N–H and O–H groups in total. The molecule has 1 heterocycles. The molecule has 1 aromatic heterocycles. The summed E-state index contributed by atoms with van der Waals surface area (Å²) in [4.78, 5) is 27.8. The van der Waals surface area contributed by atoms with Crippen LogP contribution in [0.5, 0.6) is 0 Å². The average molecular weight is 311 g/mol. The highest BCUT2D eigenvalue weighted by Gasteiger charge is 2.15. The monoisotopic (exact) mass is 310 g/mol. The Bertz CT molecular complexity index is 630. The summed E-state index contributed by atoms with van der Waals surface area (Å²) < 4.78 is 5.56. The van der Waals surface area contributed by atoms with E-state index in [1.165, 1.54) is 7.11 Å². The lowest BCUT2D eigenvalue weighted by molar-refractivity contribution is 0.0593. The highest BCUT2D eigenvalue weighted by atomic mass is 79.9. The first-order valence-corrected chi connectivity index (χ1v) is 6.03. The molecule has 0 aliphatic heterocycles. The van der Waals surface area contributed by atoms with Gasteiger partial charge in [0, 0.05) is 10.9 Å². The summed E-state index contributed by atoms with van der Waals surface area (Å²) in [5.41, 5.74) is 1.25. The van der Waals surface area contributed by atoms with Gasteiger partial charge < -0.3 is 9.72 Å². The van der Waals surface area contributed by atoms with E-state index in [2.05, 4.69) is 30.6 Å². The maximum absolute atomic E-state index is 11.5. The van der Waals surface area contributed by atoms with Gasteiger partial charge in [-0.05, 0) is 17.7 Å². The van der Waals surface area contributed by atoms with Gasteiger partial charge in [0.15, 0.2) is 0 Å². The van der Waals surface area contributed by atoms with Gasteiger partial charge in [0.05, 0.1) is 12.8 Å². The molecule has 2 aromatic rings. The number of hydrogen-bond acceptors (Lipinski definition) is 3. The van der Waals surface area contributed by atoms with Gasteiger partial charge in [-0.2, -0.15) is 0 Å². The second-order valence-corrected chi connectivity index (χ2v) is 4.65. The number of aromatic nitrogens is 2. The Morgan fingerprint density at radius 2 is 2.17 bits per heavy atom. The molecule has 2 rings (SSSR count). The minimum Gasteiger partial charge on any atom is -0.464 e. The molecule has 0 unspecified atom stereocenters. The third kappa shape index (κ3) is 2.70. The van der Waals surface area contributed by atoms with Gasteiger partial charge in [-0.1, -0.05) is 28.1 Å². The van der Waals surface area contributed by atoms with E-state index in [0.29, 0.717) is 12.1 Å². The van der Waals surface area contributed by atoms with Gasteiger partial charge in [0.25, 0.3) is 0 Å². The second kappa shape index (κ2) is 5.22. The van der Waals surface area contributed by atoms with Gasteiger partial charge in [0.2, 0.25) is 0 Å². The standard InChI is InChI=1S/C12H11BrN2O3/c1-18-11(16)10-9(14-12(17)15-10)6-7-3-2-4-8(13)5-7/h2-5H,6H2,1H3,(H2,14,15,17). The number of benzene rings is 1. The molecule has 18 heavy (non-hydrogen) atoms. The number of carbonyl (C=O) groups is 1. The van der Waals surface area contributed by atoms with Crippen molar-refractivity contribution >= 4 is 21.9 Å². The lowest BCUT2D eigenvalue weighted by atomic mass is 10.1. The summed E-state index contributed by atoms with van der Waals surface area (Å²) in [5, 5.41) is 0. The number of methoxy groups -OCH3 is 1. The lowest BCUT2D eigenvalue weighted by Gasteiger charge is -2.02. The van der Waals surface area contributed by atoms with Crippen LogP contribution in [0, 0.1) is 0 Å². The van der Waals surface area contributed by atoms with E-state index in [4.69, 9.17) is 0 Å². The van der Waals surface area contributed by atoms with Gasteiger partial charge in [-0.25, -0.2) is 9.59 Å². The molecule has 1 aromatic carbocycles. The number of H-pyrrole nitrogens is 2. The highest BCUT2D eigenvalue weighted by molar-refractivity contribution is 9.10. The first kappa shape index (κ1) is 12.6. The summed E-state index contributed by atoms with van der Waals surface area (Å²) in [6.45, 7) is 0. The number of hydrogen-bond donors (Lipinski definition) is 2. The summed E-state index contributed by atoms with van der Waals surface area (Å²) in [6, 6.07) is 7.64. The van der Waals surface area contributed by atoms with Crippen molar-refractivity contribution in [3.8, 4) is 0 Å². The first-order chi connectivity index (χ1) is 8.60. The van der Waals surface area contributed by atoms with Crippen molar-refractivity contribution in [2.75, 3.05) is 7.11 Å². The van der Waals surface area contributed by atoms with Crippen molar-refractivity contribution in [1.29, 1.82) is 0 Å². The molecule has 0 radical (unpaired) electrons. The maximum atomic E-state index is 11.5. The van der Waals surface area contributed by atoms with Crippen LogP contribution in [0.25, 0.3) is 0 Å². The van der Waals surface area contributed by atoms with Crippen LogP contribution in [0.1, 0.15) is 21.7 Å². The van der Waals surface area contributed by atoms with Crippen molar-refractivity contribution in [3.63, 3.8) is 0 Å². The molecule has 6 heteroatoms. The molecule has 0 spiro atoms. The third-order valence-electron chi connectivity index (χ3n) is 2.46. The number of carbonyl (C=O) groups excluding carboxylic acids is 1. The summed E-state index contributed by atoms with van der Waals surface area (Å²) in [6.07, 6.45) is 0.447. The van der Waals surface area contributed by atoms with Crippen LogP contribution >= 0.6 is 15.9 Å². The normalized spacial score (nSPS) is 10.3. The summed E-state index contributed by atoms with van der Waals surface area (Å²) >= 11 is 3.37. The van der Waals surface area contributed by atoms with Gasteiger partial charge in [-0.3, -0.25) is 4.98 Å². The van der Waals surface area contributed by atoms with Crippen LogP contribution < -0.4 is 5.69 Å². The van der Waals surface area contributed by atoms with Crippen molar-refractivity contribution < 1.29 is 9.53 Å². The maximum Gasteiger partial charge on any atom is 0.356 e. The molecule has 0 saturated heterocycles. The minimum absolute atomic E-state index is 0.169. The molecule has 5 nitrogen and oxygen atoms in total. The number of esters is 1. The zero-order valence-electron chi connectivity index (χ0n) is 9.62. The van der Waals surface area contributed by atoms with Gasteiger partial charge in [0.1, 0.15) is 5.69 Å². The fourth-order valence-electron chi connectivity index (χ4n) is 1.68. The SMILES string of the molecule is COC(=O)c1[nH]c(=O)[nH]c1Cc1cccc(Br)c1. The van der Waals surface area contributed by atoms with E-state index in [9.17, 15) is 9.59 Å². The van der Waals surface area contributed by atoms with E-state index in [1.54, 1.807) is 0 Å². The molecular weight excluding hydrogens is 300 g/mol. The average Bonchev–Trinajstić information content (AvgIpc) is 2.69. The first-order valence-electron chi connectivity index (χ1n) is 5.24. The van der Waals surface area contributed by atoms with E-state index in [-0.39, 0.29) is 5.69 Å². The number of halogens is 1. The van der Waals surface area contributed by atoms with Crippen molar-refractivity contribution in [2.45, 2.75) is 6.42 Å². The molecule has 0 saturated carbocycles. The number of aromatic amines is 2. The Balaban J connectivity index is 2.34.